The lowest BCUT2D eigenvalue weighted by atomic mass is 10.1. The van der Waals surface area contributed by atoms with E-state index in [1.54, 1.807) is 29.1 Å². The molecule has 0 radical (unpaired) electrons. The Bertz CT molecular complexity index is 1270. The van der Waals surface area contributed by atoms with Crippen molar-refractivity contribution >= 4 is 17.9 Å². The van der Waals surface area contributed by atoms with Gasteiger partial charge in [0.05, 0.1) is 5.69 Å². The van der Waals surface area contributed by atoms with Crippen molar-refractivity contribution in [1.29, 1.82) is 0 Å². The first-order valence-corrected chi connectivity index (χ1v) is 10.1. The molecule has 0 unspecified atom stereocenters. The number of primary amides is 1. The van der Waals surface area contributed by atoms with E-state index >= 15 is 0 Å². The number of aryl methyl sites for hydroxylation is 1. The molecule has 0 bridgehead atoms. The minimum atomic E-state index is -0.739. The Kier molecular flexibility index (Phi) is 5.94. The van der Waals surface area contributed by atoms with Crippen LogP contribution in [0.2, 0.25) is 0 Å². The van der Waals surface area contributed by atoms with Gasteiger partial charge < -0.3 is 11.1 Å². The molecule has 0 saturated carbocycles. The Labute approximate surface area is 186 Å². The van der Waals surface area contributed by atoms with Crippen LogP contribution >= 0.6 is 0 Å². The fourth-order valence-corrected chi connectivity index (χ4v) is 3.25. The SMILES string of the molecule is Cc1ccc(C(=O)N/C(=C\c2cn(-c3ccccc3)nc2-c2ccccc2)C(N)=O)cc1. The van der Waals surface area contributed by atoms with Crippen LogP contribution < -0.4 is 11.1 Å². The average molecular weight is 422 g/mol. The van der Waals surface area contributed by atoms with Crippen LogP contribution in [0.3, 0.4) is 0 Å². The van der Waals surface area contributed by atoms with Crippen molar-refractivity contribution in [3.8, 4) is 16.9 Å². The molecule has 1 heterocycles. The highest BCUT2D eigenvalue weighted by atomic mass is 16.2. The number of para-hydroxylation sites is 1. The van der Waals surface area contributed by atoms with E-state index in [0.717, 1.165) is 16.8 Å². The maximum Gasteiger partial charge on any atom is 0.265 e. The molecule has 1 aromatic heterocycles. The number of carbonyl (C=O) groups excluding carboxylic acids is 2. The number of hydrogen-bond acceptors (Lipinski definition) is 3. The Balaban J connectivity index is 1.75. The first-order chi connectivity index (χ1) is 15.5. The van der Waals surface area contributed by atoms with Gasteiger partial charge in [-0.05, 0) is 37.3 Å². The summed E-state index contributed by atoms with van der Waals surface area (Å²) in [5.41, 5.74) is 10.1. The lowest BCUT2D eigenvalue weighted by molar-refractivity contribution is -0.114. The smallest absolute Gasteiger partial charge is 0.265 e. The summed E-state index contributed by atoms with van der Waals surface area (Å²) in [5.74, 6) is -1.15. The summed E-state index contributed by atoms with van der Waals surface area (Å²) in [6.07, 6.45) is 3.36. The highest BCUT2D eigenvalue weighted by molar-refractivity contribution is 6.05. The number of hydrogen-bond donors (Lipinski definition) is 2. The zero-order valence-electron chi connectivity index (χ0n) is 17.5. The highest BCUT2D eigenvalue weighted by Gasteiger charge is 2.16. The van der Waals surface area contributed by atoms with Crippen LogP contribution in [0.4, 0.5) is 0 Å². The van der Waals surface area contributed by atoms with Crippen LogP contribution in [0.15, 0.2) is 96.8 Å². The average Bonchev–Trinajstić information content (AvgIpc) is 3.24. The van der Waals surface area contributed by atoms with Gasteiger partial charge in [-0.25, -0.2) is 4.68 Å². The molecule has 0 spiro atoms. The molecular formula is C26H22N4O2. The van der Waals surface area contributed by atoms with Crippen molar-refractivity contribution in [2.24, 2.45) is 5.73 Å². The molecule has 0 saturated heterocycles. The van der Waals surface area contributed by atoms with Gasteiger partial charge >= 0.3 is 0 Å². The molecule has 0 aliphatic heterocycles. The summed E-state index contributed by atoms with van der Waals surface area (Å²) in [7, 11) is 0. The van der Waals surface area contributed by atoms with Crippen LogP contribution in [0.1, 0.15) is 21.5 Å². The maximum atomic E-state index is 12.7. The molecule has 4 rings (SSSR count). The number of nitrogens with two attached hydrogens (primary N) is 1. The fraction of sp³-hybridized carbons (Fsp3) is 0.0385. The summed E-state index contributed by atoms with van der Waals surface area (Å²) in [6.45, 7) is 1.94. The third kappa shape index (κ3) is 4.65. The second-order valence-corrected chi connectivity index (χ2v) is 7.32. The monoisotopic (exact) mass is 422 g/mol. The Morgan fingerprint density at radius 3 is 2.16 bits per heavy atom. The predicted molar refractivity (Wildman–Crippen MR) is 125 cm³/mol. The molecule has 3 N–H and O–H groups in total. The topological polar surface area (TPSA) is 90.0 Å². The van der Waals surface area contributed by atoms with E-state index < -0.39 is 11.8 Å². The van der Waals surface area contributed by atoms with Gasteiger partial charge in [0.25, 0.3) is 11.8 Å². The molecule has 32 heavy (non-hydrogen) atoms. The van der Waals surface area contributed by atoms with Crippen LogP contribution in [-0.2, 0) is 4.79 Å². The molecule has 6 heteroatoms. The molecule has 3 aromatic carbocycles. The lowest BCUT2D eigenvalue weighted by Gasteiger charge is -2.07. The number of nitrogens with one attached hydrogen (secondary N) is 1. The van der Waals surface area contributed by atoms with Gasteiger partial charge in [-0.2, -0.15) is 5.10 Å². The molecular weight excluding hydrogens is 400 g/mol. The highest BCUT2D eigenvalue weighted by Crippen LogP contribution is 2.25. The van der Waals surface area contributed by atoms with Crippen molar-refractivity contribution in [1.82, 2.24) is 15.1 Å². The Morgan fingerprint density at radius 2 is 1.53 bits per heavy atom. The molecule has 158 valence electrons. The van der Waals surface area contributed by atoms with Gasteiger partial charge in [-0.3, -0.25) is 9.59 Å². The molecule has 4 aromatic rings. The van der Waals surface area contributed by atoms with E-state index in [-0.39, 0.29) is 5.70 Å². The normalized spacial score (nSPS) is 11.2. The maximum absolute atomic E-state index is 12.7. The molecule has 6 nitrogen and oxygen atoms in total. The number of aromatic nitrogens is 2. The van der Waals surface area contributed by atoms with Gasteiger partial charge in [0.2, 0.25) is 0 Å². The first-order valence-electron chi connectivity index (χ1n) is 10.1. The van der Waals surface area contributed by atoms with Crippen LogP contribution in [0, 0.1) is 6.92 Å². The van der Waals surface area contributed by atoms with Gasteiger partial charge in [-0.1, -0.05) is 66.2 Å². The quantitative estimate of drug-likeness (QED) is 0.458. The summed E-state index contributed by atoms with van der Waals surface area (Å²) >= 11 is 0. The van der Waals surface area contributed by atoms with Crippen molar-refractivity contribution in [3.63, 3.8) is 0 Å². The molecule has 0 aliphatic carbocycles. The number of carbonyl (C=O) groups is 2. The second-order valence-electron chi connectivity index (χ2n) is 7.32. The summed E-state index contributed by atoms with van der Waals surface area (Å²) in [5, 5.41) is 7.36. The lowest BCUT2D eigenvalue weighted by Crippen LogP contribution is -2.31. The third-order valence-electron chi connectivity index (χ3n) is 4.94. The Hall–Kier alpha value is -4.45. The van der Waals surface area contributed by atoms with Crippen molar-refractivity contribution in [3.05, 3.63) is 114 Å². The molecule has 0 atom stereocenters. The van der Waals surface area contributed by atoms with Crippen molar-refractivity contribution in [2.75, 3.05) is 0 Å². The summed E-state index contributed by atoms with van der Waals surface area (Å²) < 4.78 is 1.73. The van der Waals surface area contributed by atoms with Crippen LogP contribution in [0.5, 0.6) is 0 Å². The number of nitrogens with zero attached hydrogens (tertiary/aromatic N) is 2. The van der Waals surface area contributed by atoms with Crippen LogP contribution in [-0.4, -0.2) is 21.6 Å². The second kappa shape index (κ2) is 9.14. The summed E-state index contributed by atoms with van der Waals surface area (Å²) in [4.78, 5) is 24.8. The summed E-state index contributed by atoms with van der Waals surface area (Å²) in [6, 6.07) is 26.3. The van der Waals surface area contributed by atoms with Crippen molar-refractivity contribution < 1.29 is 9.59 Å². The molecule has 2 amide bonds. The van der Waals surface area contributed by atoms with E-state index in [4.69, 9.17) is 10.8 Å². The Morgan fingerprint density at radius 1 is 0.906 bits per heavy atom. The minimum absolute atomic E-state index is 0.0135. The third-order valence-corrected chi connectivity index (χ3v) is 4.94. The molecule has 0 aliphatic rings. The van der Waals surface area contributed by atoms with Gasteiger partial charge in [0.15, 0.2) is 0 Å². The minimum Gasteiger partial charge on any atom is -0.364 e. The zero-order valence-corrected chi connectivity index (χ0v) is 17.5. The van der Waals surface area contributed by atoms with E-state index in [9.17, 15) is 9.59 Å². The van der Waals surface area contributed by atoms with E-state index in [1.165, 1.54) is 0 Å². The van der Waals surface area contributed by atoms with E-state index in [1.807, 2.05) is 79.7 Å². The van der Waals surface area contributed by atoms with Crippen molar-refractivity contribution in [2.45, 2.75) is 6.92 Å². The molecule has 0 fully saturated rings. The van der Waals surface area contributed by atoms with E-state index in [0.29, 0.717) is 16.8 Å². The predicted octanol–water partition coefficient (Wildman–Crippen LogP) is 4.10. The number of rotatable bonds is 6. The van der Waals surface area contributed by atoms with E-state index in [2.05, 4.69) is 5.32 Å². The first kappa shape index (κ1) is 20.8. The van der Waals surface area contributed by atoms with Crippen LogP contribution in [0.25, 0.3) is 23.0 Å². The van der Waals surface area contributed by atoms with Gasteiger partial charge in [-0.15, -0.1) is 0 Å². The standard InChI is InChI=1S/C26H22N4O2/c1-18-12-14-20(15-13-18)26(32)28-23(25(27)31)16-21-17-30(22-10-6-3-7-11-22)29-24(21)19-8-4-2-5-9-19/h2-17H,1H3,(H2,27,31)(H,28,32)/b23-16-. The van der Waals surface area contributed by atoms with Gasteiger partial charge in [0.1, 0.15) is 11.4 Å². The fourth-order valence-electron chi connectivity index (χ4n) is 3.25. The largest absolute Gasteiger partial charge is 0.364 e. The van der Waals surface area contributed by atoms with Gasteiger partial charge in [0, 0.05) is 22.9 Å². The number of benzene rings is 3. The zero-order chi connectivity index (χ0) is 22.5. The number of amides is 2.